The van der Waals surface area contributed by atoms with Gasteiger partial charge in [0, 0.05) is 32.2 Å². The van der Waals surface area contributed by atoms with Crippen molar-refractivity contribution in [3.8, 4) is 0 Å². The van der Waals surface area contributed by atoms with Crippen LogP contribution in [0, 0.1) is 11.8 Å². The standard InChI is InChI=1S/C53H103NO6/c1-7-13-25-33-48(34-26-14-8-2)40-45-57-51(55)37-29-21-17-19-23-31-42-53(59-47-50(60-53)39-44-54(11-5)12-6)43-32-24-20-18-22-30-38-52(56)58-46-41-49(35-27-15-9-3)36-28-16-10-4/h48-50H,7-47H2,1-6H3. The van der Waals surface area contributed by atoms with Crippen molar-refractivity contribution in [2.45, 2.75) is 278 Å². The summed E-state index contributed by atoms with van der Waals surface area (Å²) >= 11 is 0. The summed E-state index contributed by atoms with van der Waals surface area (Å²) < 4.78 is 24.7. The maximum atomic E-state index is 12.4. The van der Waals surface area contributed by atoms with Gasteiger partial charge in [-0.05, 0) is 69.9 Å². The van der Waals surface area contributed by atoms with Gasteiger partial charge in [-0.15, -0.1) is 0 Å². The first kappa shape index (κ1) is 56.8. The first-order valence-corrected chi connectivity index (χ1v) is 26.7. The normalized spacial score (nSPS) is 15.2. The molecule has 356 valence electrons. The molecule has 7 heteroatoms. The van der Waals surface area contributed by atoms with Gasteiger partial charge in [-0.3, -0.25) is 9.59 Å². The molecule has 0 bridgehead atoms. The maximum absolute atomic E-state index is 12.4. The molecule has 0 aromatic heterocycles. The van der Waals surface area contributed by atoms with E-state index < -0.39 is 5.79 Å². The Morgan fingerprint density at radius 2 is 0.900 bits per heavy atom. The highest BCUT2D eigenvalue weighted by atomic mass is 16.7. The Balaban J connectivity index is 2.33. The van der Waals surface area contributed by atoms with E-state index in [-0.39, 0.29) is 18.0 Å². The fourth-order valence-electron chi connectivity index (χ4n) is 9.18. The van der Waals surface area contributed by atoms with E-state index in [4.69, 9.17) is 18.9 Å². The van der Waals surface area contributed by atoms with Crippen LogP contribution in [0.25, 0.3) is 0 Å². The zero-order valence-corrected chi connectivity index (χ0v) is 41.1. The number of carbonyl (C=O) groups excluding carboxylic acids is 2. The first-order chi connectivity index (χ1) is 29.3. The van der Waals surface area contributed by atoms with Crippen LogP contribution in [-0.4, -0.2) is 68.2 Å². The van der Waals surface area contributed by atoms with E-state index in [9.17, 15) is 9.59 Å². The number of carbonyl (C=O) groups is 2. The van der Waals surface area contributed by atoms with Crippen molar-refractivity contribution < 1.29 is 28.5 Å². The van der Waals surface area contributed by atoms with E-state index in [1.165, 1.54) is 141 Å². The Morgan fingerprint density at radius 3 is 1.28 bits per heavy atom. The van der Waals surface area contributed by atoms with Crippen molar-refractivity contribution >= 4 is 11.9 Å². The number of rotatable bonds is 45. The Kier molecular flexibility index (Phi) is 38.4. The lowest BCUT2D eigenvalue weighted by molar-refractivity contribution is -0.180. The van der Waals surface area contributed by atoms with Crippen LogP contribution >= 0.6 is 0 Å². The van der Waals surface area contributed by atoms with Gasteiger partial charge >= 0.3 is 11.9 Å². The summed E-state index contributed by atoms with van der Waals surface area (Å²) in [6, 6.07) is 0. The first-order valence-electron chi connectivity index (χ1n) is 26.7. The van der Waals surface area contributed by atoms with Crippen molar-refractivity contribution in [1.82, 2.24) is 4.90 Å². The summed E-state index contributed by atoms with van der Waals surface area (Å²) in [4.78, 5) is 27.4. The van der Waals surface area contributed by atoms with Gasteiger partial charge < -0.3 is 23.8 Å². The van der Waals surface area contributed by atoms with E-state index in [1.54, 1.807) is 0 Å². The molecule has 0 radical (unpaired) electrons. The van der Waals surface area contributed by atoms with Crippen molar-refractivity contribution in [2.24, 2.45) is 11.8 Å². The fourth-order valence-corrected chi connectivity index (χ4v) is 9.18. The highest BCUT2D eigenvalue weighted by Gasteiger charge is 2.40. The van der Waals surface area contributed by atoms with E-state index in [1.807, 2.05) is 0 Å². The molecule has 1 fully saturated rings. The molecule has 1 aliphatic rings. The van der Waals surface area contributed by atoms with E-state index in [0.29, 0.717) is 44.5 Å². The van der Waals surface area contributed by atoms with Crippen LogP contribution < -0.4 is 0 Å². The summed E-state index contributed by atoms with van der Waals surface area (Å²) in [5.74, 6) is 0.974. The van der Waals surface area contributed by atoms with Gasteiger partial charge in [0.1, 0.15) is 0 Å². The SMILES string of the molecule is CCCCCC(CCCCC)CCOC(=O)CCCCCCCCC1(CCCCCCCCC(=O)OCCC(CCCCC)CCCCC)OCC(CCN(CC)CC)O1. The second-order valence-electron chi connectivity index (χ2n) is 18.8. The molecule has 0 saturated carbocycles. The second-order valence-corrected chi connectivity index (χ2v) is 18.8. The van der Waals surface area contributed by atoms with Crippen molar-refractivity contribution in [2.75, 3.05) is 39.5 Å². The highest BCUT2D eigenvalue weighted by molar-refractivity contribution is 5.69. The summed E-state index contributed by atoms with van der Waals surface area (Å²) in [7, 11) is 0. The smallest absolute Gasteiger partial charge is 0.305 e. The molecule has 0 N–H and O–H groups in total. The molecule has 1 aliphatic heterocycles. The van der Waals surface area contributed by atoms with Crippen LogP contribution in [-0.2, 0) is 28.5 Å². The molecule has 0 aromatic rings. The minimum atomic E-state index is -0.433. The molecule has 0 spiro atoms. The lowest BCUT2D eigenvalue weighted by atomic mass is 9.92. The van der Waals surface area contributed by atoms with Crippen LogP contribution in [0.5, 0.6) is 0 Å². The Labute approximate surface area is 373 Å². The predicted octanol–water partition coefficient (Wildman–Crippen LogP) is 15.5. The third kappa shape index (κ3) is 31.6. The Hall–Kier alpha value is -1.18. The molecule has 60 heavy (non-hydrogen) atoms. The molecular weight excluding hydrogens is 747 g/mol. The summed E-state index contributed by atoms with van der Waals surface area (Å²) in [5, 5.41) is 0. The van der Waals surface area contributed by atoms with Gasteiger partial charge in [0.15, 0.2) is 5.79 Å². The van der Waals surface area contributed by atoms with Crippen LogP contribution in [0.2, 0.25) is 0 Å². The number of esters is 2. The highest BCUT2D eigenvalue weighted by Crippen LogP contribution is 2.36. The molecule has 1 rings (SSSR count). The van der Waals surface area contributed by atoms with Gasteiger partial charge in [-0.2, -0.15) is 0 Å². The largest absolute Gasteiger partial charge is 0.466 e. The molecular formula is C53H103NO6. The van der Waals surface area contributed by atoms with Gasteiger partial charge in [-0.25, -0.2) is 0 Å². The minimum absolute atomic E-state index is 0.00586. The molecule has 0 aromatic carbocycles. The van der Waals surface area contributed by atoms with Gasteiger partial charge in [-0.1, -0.05) is 196 Å². The van der Waals surface area contributed by atoms with Crippen molar-refractivity contribution in [3.05, 3.63) is 0 Å². The van der Waals surface area contributed by atoms with Gasteiger partial charge in [0.05, 0.1) is 25.9 Å². The number of unbranched alkanes of at least 4 members (excludes halogenated alkanes) is 18. The van der Waals surface area contributed by atoms with Crippen LogP contribution in [0.4, 0.5) is 0 Å². The molecule has 1 atom stereocenters. The summed E-state index contributed by atoms with van der Waals surface area (Å²) in [6.07, 6.45) is 40.4. The summed E-state index contributed by atoms with van der Waals surface area (Å²) in [5.41, 5.74) is 0. The second kappa shape index (κ2) is 40.6. The maximum Gasteiger partial charge on any atom is 0.305 e. The molecule has 1 unspecified atom stereocenters. The average molecular weight is 850 g/mol. The van der Waals surface area contributed by atoms with Crippen molar-refractivity contribution in [3.63, 3.8) is 0 Å². The monoisotopic (exact) mass is 850 g/mol. The molecule has 1 heterocycles. The Morgan fingerprint density at radius 1 is 0.517 bits per heavy atom. The van der Waals surface area contributed by atoms with E-state index in [2.05, 4.69) is 46.4 Å². The average Bonchev–Trinajstić information content (AvgIpc) is 3.65. The lowest BCUT2D eigenvalue weighted by Gasteiger charge is -2.29. The minimum Gasteiger partial charge on any atom is -0.466 e. The van der Waals surface area contributed by atoms with Crippen LogP contribution in [0.1, 0.15) is 266 Å². The van der Waals surface area contributed by atoms with Crippen LogP contribution in [0.3, 0.4) is 0 Å². The van der Waals surface area contributed by atoms with Crippen LogP contribution in [0.15, 0.2) is 0 Å². The summed E-state index contributed by atoms with van der Waals surface area (Å²) in [6.45, 7) is 18.7. The Bertz CT molecular complexity index is 878. The number of ether oxygens (including phenoxy) is 4. The zero-order chi connectivity index (χ0) is 43.8. The van der Waals surface area contributed by atoms with Gasteiger partial charge in [0.2, 0.25) is 0 Å². The quantitative estimate of drug-likeness (QED) is 0.0446. The molecule has 0 aliphatic carbocycles. The van der Waals surface area contributed by atoms with Crippen molar-refractivity contribution in [1.29, 1.82) is 0 Å². The fraction of sp³-hybridized carbons (Fsp3) is 0.962. The third-order valence-electron chi connectivity index (χ3n) is 13.4. The third-order valence-corrected chi connectivity index (χ3v) is 13.4. The topological polar surface area (TPSA) is 74.3 Å². The number of nitrogens with zero attached hydrogens (tertiary/aromatic N) is 1. The number of hydrogen-bond donors (Lipinski definition) is 0. The lowest BCUT2D eigenvalue weighted by Crippen LogP contribution is -2.32. The molecule has 1 saturated heterocycles. The van der Waals surface area contributed by atoms with Gasteiger partial charge in [0.25, 0.3) is 0 Å². The molecule has 7 nitrogen and oxygen atoms in total. The number of hydrogen-bond acceptors (Lipinski definition) is 7. The zero-order valence-electron chi connectivity index (χ0n) is 41.1. The molecule has 0 amide bonds. The van der Waals surface area contributed by atoms with E-state index in [0.717, 1.165) is 90.3 Å². The predicted molar refractivity (Wildman–Crippen MR) is 255 cm³/mol. The van der Waals surface area contributed by atoms with E-state index >= 15 is 0 Å².